The quantitative estimate of drug-likeness (QED) is 0.535. The van der Waals surface area contributed by atoms with Gasteiger partial charge in [0.05, 0.1) is 19.2 Å². The molecule has 1 aliphatic rings. The second-order valence-electron chi connectivity index (χ2n) is 5.54. The van der Waals surface area contributed by atoms with Gasteiger partial charge >= 0.3 is 6.09 Å². The molecule has 5 heteroatoms. The van der Waals surface area contributed by atoms with Crippen molar-refractivity contribution in [3.8, 4) is 11.8 Å². The normalized spacial score (nSPS) is 23.3. The summed E-state index contributed by atoms with van der Waals surface area (Å²) in [6.07, 6.45) is -1.11. The van der Waals surface area contributed by atoms with E-state index >= 15 is 0 Å². The summed E-state index contributed by atoms with van der Waals surface area (Å²) in [6.45, 7) is 9.36. The third-order valence-corrected chi connectivity index (χ3v) is 2.60. The van der Waals surface area contributed by atoms with Crippen LogP contribution in [0.2, 0.25) is 0 Å². The first-order chi connectivity index (χ1) is 8.74. The van der Waals surface area contributed by atoms with E-state index < -0.39 is 17.8 Å². The van der Waals surface area contributed by atoms with Gasteiger partial charge in [0.2, 0.25) is 5.78 Å². The molecule has 0 spiro atoms. The zero-order valence-electron chi connectivity index (χ0n) is 12.1. The van der Waals surface area contributed by atoms with Crippen LogP contribution in [-0.2, 0) is 14.3 Å². The number of Topliss-reactive ketones (excluding diaryl/α,β-unsaturated/α-hetero) is 1. The Labute approximate surface area is 114 Å². The minimum absolute atomic E-state index is 0.117. The van der Waals surface area contributed by atoms with Crippen LogP contribution in [0.1, 0.15) is 34.6 Å². The Bertz CT molecular complexity index is 413. The number of ether oxygens (including phenoxy) is 2. The summed E-state index contributed by atoms with van der Waals surface area (Å²) < 4.78 is 10.7. The molecule has 0 saturated carbocycles. The molecule has 0 radical (unpaired) electrons. The Hall–Kier alpha value is -1.54. The number of carbonyl (C=O) groups is 2. The van der Waals surface area contributed by atoms with Crippen molar-refractivity contribution in [1.82, 2.24) is 4.90 Å². The van der Waals surface area contributed by atoms with Gasteiger partial charge in [0, 0.05) is 0 Å². The fourth-order valence-corrected chi connectivity index (χ4v) is 1.69. The molecule has 1 amide bonds. The monoisotopic (exact) mass is 267 g/mol. The van der Waals surface area contributed by atoms with Crippen LogP contribution in [-0.4, -0.2) is 47.7 Å². The standard InChI is InChI=1S/C14H21NO4/c1-6-7-11(16)12-8-15(10(2)9-18-12)13(17)19-14(3,4)5/h10,12H,8-9H2,1-5H3/t10-,12+/m0/s1. The third kappa shape index (κ3) is 4.56. The predicted molar refractivity (Wildman–Crippen MR) is 70.6 cm³/mol. The van der Waals surface area contributed by atoms with Gasteiger partial charge in [-0.05, 0) is 40.5 Å². The maximum atomic E-state index is 12.1. The van der Waals surface area contributed by atoms with Crippen LogP contribution in [0.3, 0.4) is 0 Å². The van der Waals surface area contributed by atoms with Crippen molar-refractivity contribution in [2.45, 2.75) is 52.4 Å². The van der Waals surface area contributed by atoms with Gasteiger partial charge in [0.1, 0.15) is 11.7 Å². The lowest BCUT2D eigenvalue weighted by Gasteiger charge is -2.37. The number of morpholine rings is 1. The molecular weight excluding hydrogens is 246 g/mol. The van der Waals surface area contributed by atoms with Crippen molar-refractivity contribution in [1.29, 1.82) is 0 Å². The van der Waals surface area contributed by atoms with E-state index in [0.717, 1.165) is 0 Å². The Morgan fingerprint density at radius 2 is 2.00 bits per heavy atom. The van der Waals surface area contributed by atoms with E-state index in [1.165, 1.54) is 4.90 Å². The second kappa shape index (κ2) is 6.07. The number of carbonyl (C=O) groups excluding carboxylic acids is 2. The Morgan fingerprint density at radius 1 is 1.37 bits per heavy atom. The van der Waals surface area contributed by atoms with Crippen LogP contribution in [0.25, 0.3) is 0 Å². The minimum atomic E-state index is -0.684. The van der Waals surface area contributed by atoms with Crippen LogP contribution < -0.4 is 0 Å². The van der Waals surface area contributed by atoms with Crippen molar-refractivity contribution >= 4 is 11.9 Å². The number of hydrogen-bond acceptors (Lipinski definition) is 4. The SMILES string of the molecule is CC#CC(=O)[C@H]1CN(C(=O)OC(C)(C)C)[C@@H](C)CO1. The summed E-state index contributed by atoms with van der Waals surface area (Å²) >= 11 is 0. The lowest BCUT2D eigenvalue weighted by atomic mass is 10.1. The van der Waals surface area contributed by atoms with Crippen molar-refractivity contribution in [2.24, 2.45) is 0 Å². The fourth-order valence-electron chi connectivity index (χ4n) is 1.69. The first-order valence-electron chi connectivity index (χ1n) is 6.32. The van der Waals surface area contributed by atoms with Crippen molar-refractivity contribution in [3.05, 3.63) is 0 Å². The van der Waals surface area contributed by atoms with E-state index in [4.69, 9.17) is 9.47 Å². The molecule has 19 heavy (non-hydrogen) atoms. The molecule has 0 aromatic rings. The molecule has 0 N–H and O–H groups in total. The summed E-state index contributed by atoms with van der Waals surface area (Å²) in [5, 5.41) is 0. The molecular formula is C14H21NO4. The van der Waals surface area contributed by atoms with Gasteiger partial charge in [-0.2, -0.15) is 0 Å². The van der Waals surface area contributed by atoms with E-state index in [0.29, 0.717) is 6.61 Å². The lowest BCUT2D eigenvalue weighted by molar-refractivity contribution is -0.132. The van der Waals surface area contributed by atoms with Crippen LogP contribution in [0, 0.1) is 11.8 Å². The molecule has 0 bridgehead atoms. The zero-order valence-corrected chi connectivity index (χ0v) is 12.1. The highest BCUT2D eigenvalue weighted by atomic mass is 16.6. The molecule has 0 unspecified atom stereocenters. The molecule has 1 fully saturated rings. The van der Waals surface area contributed by atoms with Gasteiger partial charge in [-0.3, -0.25) is 4.79 Å². The van der Waals surface area contributed by atoms with Crippen LogP contribution >= 0.6 is 0 Å². The van der Waals surface area contributed by atoms with Crippen molar-refractivity contribution in [3.63, 3.8) is 0 Å². The van der Waals surface area contributed by atoms with Gasteiger partial charge in [-0.1, -0.05) is 5.92 Å². The molecule has 0 aromatic heterocycles. The summed E-state index contributed by atoms with van der Waals surface area (Å²) in [7, 11) is 0. The second-order valence-corrected chi connectivity index (χ2v) is 5.54. The lowest BCUT2D eigenvalue weighted by Crippen LogP contribution is -2.54. The summed E-state index contributed by atoms with van der Waals surface area (Å²) in [4.78, 5) is 25.3. The number of hydrogen-bond donors (Lipinski definition) is 0. The van der Waals surface area contributed by atoms with Gasteiger partial charge in [0.15, 0.2) is 0 Å². The number of amides is 1. The van der Waals surface area contributed by atoms with Crippen molar-refractivity contribution < 1.29 is 19.1 Å². The summed E-state index contributed by atoms with van der Waals surface area (Å²) in [5.41, 5.74) is -0.558. The summed E-state index contributed by atoms with van der Waals surface area (Å²) in [5.74, 6) is 4.69. The summed E-state index contributed by atoms with van der Waals surface area (Å²) in [6, 6.07) is -0.117. The van der Waals surface area contributed by atoms with E-state index in [2.05, 4.69) is 11.8 Å². The molecule has 1 rings (SSSR count). The molecule has 1 saturated heterocycles. The van der Waals surface area contributed by atoms with Gasteiger partial charge in [0.25, 0.3) is 0 Å². The molecule has 1 heterocycles. The Kier molecular flexibility index (Phi) is 4.96. The maximum Gasteiger partial charge on any atom is 0.410 e. The topological polar surface area (TPSA) is 55.8 Å². The highest BCUT2D eigenvalue weighted by Gasteiger charge is 2.35. The molecule has 0 aliphatic carbocycles. The van der Waals surface area contributed by atoms with Crippen molar-refractivity contribution in [2.75, 3.05) is 13.2 Å². The largest absolute Gasteiger partial charge is 0.444 e. The number of ketones is 1. The highest BCUT2D eigenvalue weighted by Crippen LogP contribution is 2.17. The maximum absolute atomic E-state index is 12.1. The fraction of sp³-hybridized carbons (Fsp3) is 0.714. The van der Waals surface area contributed by atoms with E-state index in [9.17, 15) is 9.59 Å². The van der Waals surface area contributed by atoms with E-state index in [1.807, 2.05) is 6.92 Å². The van der Waals surface area contributed by atoms with Gasteiger partial charge < -0.3 is 14.4 Å². The molecule has 2 atom stereocenters. The van der Waals surface area contributed by atoms with Gasteiger partial charge in [-0.15, -0.1) is 0 Å². The minimum Gasteiger partial charge on any atom is -0.444 e. The van der Waals surface area contributed by atoms with Gasteiger partial charge in [-0.25, -0.2) is 4.79 Å². The zero-order chi connectivity index (χ0) is 14.6. The van der Waals surface area contributed by atoms with Crippen LogP contribution in [0.5, 0.6) is 0 Å². The van der Waals surface area contributed by atoms with Crippen LogP contribution in [0.4, 0.5) is 4.79 Å². The average Bonchev–Trinajstić information content (AvgIpc) is 2.27. The molecule has 106 valence electrons. The average molecular weight is 267 g/mol. The Morgan fingerprint density at radius 3 is 2.53 bits per heavy atom. The predicted octanol–water partition coefficient (Wildman–Crippen LogP) is 1.60. The number of rotatable bonds is 1. The first kappa shape index (κ1) is 15.5. The third-order valence-electron chi connectivity index (χ3n) is 2.60. The molecule has 1 aliphatic heterocycles. The molecule has 5 nitrogen and oxygen atoms in total. The first-order valence-corrected chi connectivity index (χ1v) is 6.32. The smallest absolute Gasteiger partial charge is 0.410 e. The van der Waals surface area contributed by atoms with E-state index in [-0.39, 0.29) is 18.4 Å². The Balaban J connectivity index is 2.73. The van der Waals surface area contributed by atoms with Crippen LogP contribution in [0.15, 0.2) is 0 Å². The number of nitrogens with zero attached hydrogens (tertiary/aromatic N) is 1. The molecule has 0 aromatic carbocycles. The van der Waals surface area contributed by atoms with E-state index in [1.54, 1.807) is 27.7 Å². The highest BCUT2D eigenvalue weighted by molar-refractivity contribution is 5.99.